The maximum Gasteiger partial charge on any atom is 0.251 e. The Kier molecular flexibility index (Phi) is 5.03. The standard InChI is InChI=1S/C16H20N6O3/c1-11(23)21-7-6-14(15(24)9-21)18-16(25)13-4-2-12(3-5-13)8-22-10-17-19-20-22/h2-5,10,14-15,24H,6-9H2,1H3,(H,18,25)/t14-,15-/m1/s1. The van der Waals surface area contributed by atoms with Gasteiger partial charge in [-0.05, 0) is 34.5 Å². The number of amides is 2. The summed E-state index contributed by atoms with van der Waals surface area (Å²) in [6.45, 7) is 2.77. The molecule has 0 spiro atoms. The predicted molar refractivity (Wildman–Crippen MR) is 87.5 cm³/mol. The van der Waals surface area contributed by atoms with Crippen molar-refractivity contribution >= 4 is 11.8 Å². The van der Waals surface area contributed by atoms with Crippen LogP contribution in [0.1, 0.15) is 29.3 Å². The van der Waals surface area contributed by atoms with Crippen LogP contribution in [-0.2, 0) is 11.3 Å². The fraction of sp³-hybridized carbons (Fsp3) is 0.438. The lowest BCUT2D eigenvalue weighted by Crippen LogP contribution is -2.55. The number of likely N-dealkylation sites (tertiary alicyclic amines) is 1. The second kappa shape index (κ2) is 7.39. The Hall–Kier alpha value is -2.81. The first-order valence-electron chi connectivity index (χ1n) is 8.07. The van der Waals surface area contributed by atoms with Gasteiger partial charge in [0, 0.05) is 25.6 Å². The van der Waals surface area contributed by atoms with Gasteiger partial charge in [0.15, 0.2) is 0 Å². The molecule has 0 bridgehead atoms. The van der Waals surface area contributed by atoms with Crippen LogP contribution in [0, 0.1) is 0 Å². The van der Waals surface area contributed by atoms with Gasteiger partial charge in [0.05, 0.1) is 18.7 Å². The molecule has 0 aliphatic carbocycles. The molecule has 2 heterocycles. The minimum atomic E-state index is -0.763. The Morgan fingerprint density at radius 1 is 1.32 bits per heavy atom. The number of β-amino-alcohol motifs (C(OH)–C–C–N with tert-alkyl or cyclic N) is 1. The van der Waals surface area contributed by atoms with Crippen LogP contribution < -0.4 is 5.32 Å². The lowest BCUT2D eigenvalue weighted by molar-refractivity contribution is -0.132. The number of aliphatic hydroxyl groups excluding tert-OH is 1. The Balaban J connectivity index is 1.57. The van der Waals surface area contributed by atoms with Crippen LogP contribution in [0.15, 0.2) is 30.6 Å². The van der Waals surface area contributed by atoms with Crippen LogP contribution in [0.4, 0.5) is 0 Å². The van der Waals surface area contributed by atoms with Gasteiger partial charge < -0.3 is 15.3 Å². The first kappa shape index (κ1) is 17.0. The summed E-state index contributed by atoms with van der Waals surface area (Å²) >= 11 is 0. The Morgan fingerprint density at radius 2 is 2.08 bits per heavy atom. The van der Waals surface area contributed by atoms with Crippen LogP contribution in [0.5, 0.6) is 0 Å². The van der Waals surface area contributed by atoms with Crippen molar-refractivity contribution < 1.29 is 14.7 Å². The molecule has 1 aromatic heterocycles. The molecule has 2 amide bonds. The number of aliphatic hydroxyl groups is 1. The molecule has 25 heavy (non-hydrogen) atoms. The molecule has 0 unspecified atom stereocenters. The number of piperidine rings is 1. The molecular weight excluding hydrogens is 324 g/mol. The molecule has 1 aromatic carbocycles. The highest BCUT2D eigenvalue weighted by Gasteiger charge is 2.30. The van der Waals surface area contributed by atoms with Crippen LogP contribution in [0.3, 0.4) is 0 Å². The van der Waals surface area contributed by atoms with E-state index in [1.54, 1.807) is 21.7 Å². The van der Waals surface area contributed by atoms with Crippen molar-refractivity contribution in [2.24, 2.45) is 0 Å². The van der Waals surface area contributed by atoms with Crippen molar-refractivity contribution in [1.29, 1.82) is 0 Å². The quantitative estimate of drug-likeness (QED) is 0.768. The number of benzene rings is 1. The average molecular weight is 344 g/mol. The van der Waals surface area contributed by atoms with Gasteiger partial charge in [-0.3, -0.25) is 9.59 Å². The van der Waals surface area contributed by atoms with Crippen molar-refractivity contribution in [3.05, 3.63) is 41.7 Å². The lowest BCUT2D eigenvalue weighted by Gasteiger charge is -2.35. The van der Waals surface area contributed by atoms with Gasteiger partial charge in [0.1, 0.15) is 6.33 Å². The summed E-state index contributed by atoms with van der Waals surface area (Å²) in [6, 6.07) is 6.78. The summed E-state index contributed by atoms with van der Waals surface area (Å²) in [5, 5.41) is 23.9. The molecule has 1 aliphatic rings. The van der Waals surface area contributed by atoms with Gasteiger partial charge in [-0.15, -0.1) is 5.10 Å². The molecule has 2 atom stereocenters. The molecule has 2 aromatic rings. The first-order valence-corrected chi connectivity index (χ1v) is 8.07. The van der Waals surface area contributed by atoms with E-state index in [0.29, 0.717) is 25.1 Å². The molecule has 1 saturated heterocycles. The number of hydrogen-bond acceptors (Lipinski definition) is 6. The number of hydrogen-bond donors (Lipinski definition) is 2. The van der Waals surface area contributed by atoms with Crippen molar-refractivity contribution in [3.8, 4) is 0 Å². The van der Waals surface area contributed by atoms with E-state index in [-0.39, 0.29) is 24.4 Å². The van der Waals surface area contributed by atoms with Gasteiger partial charge in [0.2, 0.25) is 5.91 Å². The molecule has 0 saturated carbocycles. The van der Waals surface area contributed by atoms with E-state index in [1.165, 1.54) is 13.3 Å². The highest BCUT2D eigenvalue weighted by molar-refractivity contribution is 5.94. The molecule has 2 N–H and O–H groups in total. The molecule has 0 radical (unpaired) electrons. The average Bonchev–Trinajstić information content (AvgIpc) is 3.10. The van der Waals surface area contributed by atoms with E-state index in [2.05, 4.69) is 20.8 Å². The van der Waals surface area contributed by atoms with Crippen LogP contribution in [-0.4, -0.2) is 67.3 Å². The third-order valence-electron chi connectivity index (χ3n) is 4.30. The molecule has 1 fully saturated rings. The van der Waals surface area contributed by atoms with E-state index in [4.69, 9.17) is 0 Å². The molecule has 9 heteroatoms. The summed E-state index contributed by atoms with van der Waals surface area (Å²) < 4.78 is 1.59. The monoisotopic (exact) mass is 344 g/mol. The summed E-state index contributed by atoms with van der Waals surface area (Å²) in [5.41, 5.74) is 1.49. The van der Waals surface area contributed by atoms with E-state index in [1.807, 2.05) is 12.1 Å². The maximum absolute atomic E-state index is 12.4. The number of aromatic nitrogens is 4. The zero-order valence-electron chi connectivity index (χ0n) is 13.9. The summed E-state index contributed by atoms with van der Waals surface area (Å²) in [6.07, 6.45) is 1.29. The second-order valence-corrected chi connectivity index (χ2v) is 6.11. The van der Waals surface area contributed by atoms with Crippen molar-refractivity contribution in [2.45, 2.75) is 32.0 Å². The highest BCUT2D eigenvalue weighted by Crippen LogP contribution is 2.13. The fourth-order valence-electron chi connectivity index (χ4n) is 2.84. The van der Waals surface area contributed by atoms with Crippen LogP contribution in [0.25, 0.3) is 0 Å². The molecule has 1 aliphatic heterocycles. The number of nitrogens with zero attached hydrogens (tertiary/aromatic N) is 5. The first-order chi connectivity index (χ1) is 12.0. The number of rotatable bonds is 4. The van der Waals surface area contributed by atoms with Crippen LogP contribution >= 0.6 is 0 Å². The predicted octanol–water partition coefficient (Wildman–Crippen LogP) is -0.567. The molecule has 3 rings (SSSR count). The topological polar surface area (TPSA) is 113 Å². The molecule has 132 valence electrons. The normalized spacial score (nSPS) is 20.3. The fourth-order valence-corrected chi connectivity index (χ4v) is 2.84. The maximum atomic E-state index is 12.4. The lowest BCUT2D eigenvalue weighted by atomic mass is 10.0. The van der Waals surface area contributed by atoms with Gasteiger partial charge in [-0.2, -0.15) is 0 Å². The van der Waals surface area contributed by atoms with Crippen molar-refractivity contribution in [1.82, 2.24) is 30.4 Å². The van der Waals surface area contributed by atoms with Crippen LogP contribution in [0.2, 0.25) is 0 Å². The number of tetrazole rings is 1. The minimum absolute atomic E-state index is 0.0676. The zero-order valence-corrected chi connectivity index (χ0v) is 13.9. The summed E-state index contributed by atoms with van der Waals surface area (Å²) in [5.74, 6) is -0.309. The van der Waals surface area contributed by atoms with E-state index in [0.717, 1.165) is 5.56 Å². The van der Waals surface area contributed by atoms with E-state index in [9.17, 15) is 14.7 Å². The largest absolute Gasteiger partial charge is 0.389 e. The second-order valence-electron chi connectivity index (χ2n) is 6.11. The van der Waals surface area contributed by atoms with Gasteiger partial charge in [-0.1, -0.05) is 12.1 Å². The molecule has 9 nitrogen and oxygen atoms in total. The minimum Gasteiger partial charge on any atom is -0.389 e. The summed E-state index contributed by atoms with van der Waals surface area (Å²) in [7, 11) is 0. The van der Waals surface area contributed by atoms with Crippen molar-refractivity contribution in [2.75, 3.05) is 13.1 Å². The number of nitrogens with one attached hydrogen (secondary N) is 1. The Morgan fingerprint density at radius 3 is 2.68 bits per heavy atom. The smallest absolute Gasteiger partial charge is 0.251 e. The van der Waals surface area contributed by atoms with Gasteiger partial charge in [0.25, 0.3) is 5.91 Å². The Labute approximate surface area is 144 Å². The number of carbonyl (C=O) groups excluding carboxylic acids is 2. The van der Waals surface area contributed by atoms with Crippen molar-refractivity contribution in [3.63, 3.8) is 0 Å². The Bertz CT molecular complexity index is 731. The SMILES string of the molecule is CC(=O)N1CC[C@@H](NC(=O)c2ccc(Cn3cnnn3)cc2)[C@H](O)C1. The van der Waals surface area contributed by atoms with Gasteiger partial charge in [-0.25, -0.2) is 4.68 Å². The van der Waals surface area contributed by atoms with E-state index >= 15 is 0 Å². The third kappa shape index (κ3) is 4.18. The van der Waals surface area contributed by atoms with E-state index < -0.39 is 6.10 Å². The highest BCUT2D eigenvalue weighted by atomic mass is 16.3. The summed E-state index contributed by atoms with van der Waals surface area (Å²) in [4.78, 5) is 25.3. The number of carbonyl (C=O) groups is 2. The molecular formula is C16H20N6O3. The van der Waals surface area contributed by atoms with Gasteiger partial charge >= 0.3 is 0 Å². The third-order valence-corrected chi connectivity index (χ3v) is 4.30. The zero-order chi connectivity index (χ0) is 17.8.